The molecule has 0 atom stereocenters. The highest BCUT2D eigenvalue weighted by Crippen LogP contribution is 2.32. The van der Waals surface area contributed by atoms with Crippen molar-refractivity contribution < 1.29 is 4.79 Å². The van der Waals surface area contributed by atoms with Crippen LogP contribution in [-0.2, 0) is 7.05 Å². The number of hydrogen-bond donors (Lipinski definition) is 1. The summed E-state index contributed by atoms with van der Waals surface area (Å²) in [4.78, 5) is 21.5. The van der Waals surface area contributed by atoms with Crippen LogP contribution in [0.25, 0.3) is 11.3 Å². The predicted octanol–water partition coefficient (Wildman–Crippen LogP) is 4.25. The Kier molecular flexibility index (Phi) is 7.04. The Hall–Kier alpha value is -2.54. The molecule has 1 amide bonds. The molecule has 4 rings (SSSR count). The molecular weight excluding hydrogens is 445 g/mol. The van der Waals surface area contributed by atoms with Gasteiger partial charge in [0.15, 0.2) is 0 Å². The summed E-state index contributed by atoms with van der Waals surface area (Å²) in [7, 11) is 1.98. The van der Waals surface area contributed by atoms with Crippen molar-refractivity contribution in [3.63, 3.8) is 0 Å². The number of nitrogens with zero attached hydrogens (tertiary/aromatic N) is 4. The van der Waals surface area contributed by atoms with E-state index in [-0.39, 0.29) is 5.91 Å². The molecule has 1 fully saturated rings. The highest BCUT2D eigenvalue weighted by Gasteiger charge is 2.20. The Morgan fingerprint density at radius 1 is 1.09 bits per heavy atom. The number of pyridine rings is 1. The number of carbonyl (C=O) groups is 1. The van der Waals surface area contributed by atoms with Crippen molar-refractivity contribution in [2.45, 2.75) is 6.92 Å². The Morgan fingerprint density at radius 3 is 2.53 bits per heavy atom. The molecule has 3 aromatic rings. The lowest BCUT2D eigenvalue weighted by Crippen LogP contribution is -2.48. The van der Waals surface area contributed by atoms with Gasteiger partial charge in [-0.1, -0.05) is 29.3 Å². The Bertz CT molecular complexity index is 1090. The van der Waals surface area contributed by atoms with Crippen LogP contribution in [0, 0.1) is 6.92 Å². The van der Waals surface area contributed by atoms with Crippen LogP contribution in [0.15, 0.2) is 48.8 Å². The van der Waals surface area contributed by atoms with Crippen LogP contribution in [0.2, 0.25) is 10.0 Å². The molecule has 32 heavy (non-hydrogen) atoms. The summed E-state index contributed by atoms with van der Waals surface area (Å²) in [5.41, 5.74) is 4.69. The monoisotopic (exact) mass is 471 g/mol. The van der Waals surface area contributed by atoms with Gasteiger partial charge in [0.25, 0.3) is 5.91 Å². The summed E-state index contributed by atoms with van der Waals surface area (Å²) in [5.74, 6) is -0.0391. The van der Waals surface area contributed by atoms with E-state index in [1.165, 1.54) is 0 Å². The molecule has 8 heteroatoms. The molecule has 0 bridgehead atoms. The van der Waals surface area contributed by atoms with Gasteiger partial charge in [-0.25, -0.2) is 0 Å². The van der Waals surface area contributed by atoms with Gasteiger partial charge < -0.3 is 14.8 Å². The van der Waals surface area contributed by atoms with Gasteiger partial charge in [-0.2, -0.15) is 0 Å². The van der Waals surface area contributed by atoms with E-state index in [0.29, 0.717) is 22.2 Å². The van der Waals surface area contributed by atoms with E-state index in [9.17, 15) is 4.79 Å². The normalized spacial score (nSPS) is 14.6. The van der Waals surface area contributed by atoms with E-state index < -0.39 is 0 Å². The minimum Gasteiger partial charge on any atom is -0.368 e. The second-order valence-corrected chi connectivity index (χ2v) is 8.77. The number of piperazine rings is 1. The molecule has 1 aliphatic rings. The van der Waals surface area contributed by atoms with Crippen LogP contribution in [0.4, 0.5) is 5.69 Å². The van der Waals surface area contributed by atoms with Crippen LogP contribution in [0.5, 0.6) is 0 Å². The zero-order chi connectivity index (χ0) is 22.7. The average molecular weight is 472 g/mol. The van der Waals surface area contributed by atoms with E-state index >= 15 is 0 Å². The summed E-state index contributed by atoms with van der Waals surface area (Å²) in [6.07, 6.45) is 3.52. The molecule has 0 aliphatic carbocycles. The van der Waals surface area contributed by atoms with Gasteiger partial charge in [0, 0.05) is 75.7 Å². The zero-order valence-electron chi connectivity index (χ0n) is 18.3. The van der Waals surface area contributed by atoms with E-state index in [1.807, 2.05) is 48.9 Å². The largest absolute Gasteiger partial charge is 0.368 e. The zero-order valence-corrected chi connectivity index (χ0v) is 19.8. The first-order valence-electron chi connectivity index (χ1n) is 10.7. The molecule has 1 N–H and O–H groups in total. The second-order valence-electron chi connectivity index (χ2n) is 7.98. The number of rotatable bonds is 6. The first-order chi connectivity index (χ1) is 15.5. The summed E-state index contributed by atoms with van der Waals surface area (Å²) in [6.45, 7) is 6.97. The number of aromatic nitrogens is 2. The number of anilines is 1. The highest BCUT2D eigenvalue weighted by atomic mass is 35.5. The number of hydrogen-bond acceptors (Lipinski definition) is 4. The number of amides is 1. The third-order valence-electron chi connectivity index (χ3n) is 6.11. The van der Waals surface area contributed by atoms with Crippen molar-refractivity contribution in [3.8, 4) is 11.3 Å². The fourth-order valence-corrected chi connectivity index (χ4v) is 4.52. The SMILES string of the molecule is Cc1c(C(=O)NCCN2CCN(c3cccc(Cl)c3Cl)CC2)cc(-c2ccncc2)n1C. The van der Waals surface area contributed by atoms with Gasteiger partial charge in [-0.15, -0.1) is 0 Å². The average Bonchev–Trinajstić information content (AvgIpc) is 3.11. The van der Waals surface area contributed by atoms with E-state index in [0.717, 1.165) is 55.4 Å². The molecule has 1 aromatic carbocycles. The molecule has 3 heterocycles. The van der Waals surface area contributed by atoms with Gasteiger partial charge in [-0.05, 0) is 37.3 Å². The fraction of sp³-hybridized carbons (Fsp3) is 0.333. The molecule has 2 aromatic heterocycles. The van der Waals surface area contributed by atoms with E-state index in [2.05, 4.69) is 20.1 Å². The maximum atomic E-state index is 12.8. The smallest absolute Gasteiger partial charge is 0.253 e. The minimum atomic E-state index is -0.0391. The van der Waals surface area contributed by atoms with Gasteiger partial charge >= 0.3 is 0 Å². The number of nitrogens with one attached hydrogen (secondary N) is 1. The number of halogens is 2. The van der Waals surface area contributed by atoms with E-state index in [1.54, 1.807) is 18.5 Å². The number of carbonyl (C=O) groups excluding carboxylic acids is 1. The predicted molar refractivity (Wildman–Crippen MR) is 131 cm³/mol. The molecule has 0 spiro atoms. The lowest BCUT2D eigenvalue weighted by molar-refractivity contribution is 0.0947. The van der Waals surface area contributed by atoms with Crippen LogP contribution in [-0.4, -0.2) is 59.6 Å². The van der Waals surface area contributed by atoms with Gasteiger partial charge in [0.1, 0.15) is 0 Å². The van der Waals surface area contributed by atoms with Crippen LogP contribution in [0.1, 0.15) is 16.1 Å². The summed E-state index contributed by atoms with van der Waals surface area (Å²) in [6, 6.07) is 11.6. The van der Waals surface area contributed by atoms with Crippen molar-refractivity contribution in [3.05, 3.63) is 70.1 Å². The molecular formula is C24H27Cl2N5O. The first-order valence-corrected chi connectivity index (χ1v) is 11.5. The Morgan fingerprint density at radius 2 is 1.81 bits per heavy atom. The van der Waals surface area contributed by atoms with Gasteiger partial charge in [0.2, 0.25) is 0 Å². The second kappa shape index (κ2) is 9.94. The number of benzene rings is 1. The summed E-state index contributed by atoms with van der Waals surface area (Å²) >= 11 is 12.5. The van der Waals surface area contributed by atoms with Crippen molar-refractivity contribution in [2.24, 2.45) is 7.05 Å². The third kappa shape index (κ3) is 4.77. The topological polar surface area (TPSA) is 53.4 Å². The quantitative estimate of drug-likeness (QED) is 0.583. The Labute approximate surface area is 198 Å². The molecule has 0 radical (unpaired) electrons. The lowest BCUT2D eigenvalue weighted by Gasteiger charge is -2.36. The van der Waals surface area contributed by atoms with Crippen LogP contribution >= 0.6 is 23.2 Å². The fourth-order valence-electron chi connectivity index (χ4n) is 4.10. The molecule has 6 nitrogen and oxygen atoms in total. The summed E-state index contributed by atoms with van der Waals surface area (Å²) < 4.78 is 2.05. The van der Waals surface area contributed by atoms with Crippen molar-refractivity contribution in [1.82, 2.24) is 19.8 Å². The van der Waals surface area contributed by atoms with Crippen molar-refractivity contribution >= 4 is 34.8 Å². The van der Waals surface area contributed by atoms with Crippen molar-refractivity contribution in [1.29, 1.82) is 0 Å². The molecule has 0 saturated carbocycles. The highest BCUT2D eigenvalue weighted by molar-refractivity contribution is 6.43. The van der Waals surface area contributed by atoms with Gasteiger partial charge in [0.05, 0.1) is 21.3 Å². The third-order valence-corrected chi connectivity index (χ3v) is 6.92. The van der Waals surface area contributed by atoms with Gasteiger partial charge in [-0.3, -0.25) is 14.7 Å². The Balaban J connectivity index is 1.29. The molecule has 168 valence electrons. The first kappa shape index (κ1) is 22.6. The standard InChI is InChI=1S/C24H27Cl2N5O/c1-17-19(16-22(29(17)2)18-6-8-27-9-7-18)24(32)28-10-11-30-12-14-31(15-13-30)21-5-3-4-20(25)23(21)26/h3-9,16H,10-15H2,1-2H3,(H,28,32). The summed E-state index contributed by atoms with van der Waals surface area (Å²) in [5, 5.41) is 4.27. The van der Waals surface area contributed by atoms with Crippen LogP contribution in [0.3, 0.4) is 0 Å². The maximum Gasteiger partial charge on any atom is 0.253 e. The maximum absolute atomic E-state index is 12.8. The molecule has 1 saturated heterocycles. The lowest BCUT2D eigenvalue weighted by atomic mass is 10.1. The van der Waals surface area contributed by atoms with Crippen molar-refractivity contribution in [2.75, 3.05) is 44.2 Å². The molecule has 1 aliphatic heterocycles. The van der Waals surface area contributed by atoms with Crippen LogP contribution < -0.4 is 10.2 Å². The van der Waals surface area contributed by atoms with E-state index in [4.69, 9.17) is 23.2 Å². The minimum absolute atomic E-state index is 0.0391. The molecule has 0 unspecified atom stereocenters.